The first kappa shape index (κ1) is 39.2. The lowest BCUT2D eigenvalue weighted by Crippen LogP contribution is -2.27. The van der Waals surface area contributed by atoms with Gasteiger partial charge in [-0.05, 0) is 126 Å². The minimum absolute atomic E-state index is 0.0838. The van der Waals surface area contributed by atoms with Crippen LogP contribution in [0.1, 0.15) is 137 Å². The summed E-state index contributed by atoms with van der Waals surface area (Å²) < 4.78 is 6.56. The van der Waals surface area contributed by atoms with Gasteiger partial charge >= 0.3 is 0 Å². The van der Waals surface area contributed by atoms with Crippen LogP contribution in [0.4, 0.5) is 34.1 Å². The SMILES string of the molecule is CCCCCCCCC1(CCCCCCCC)c2cc(N3c4ccccc4Cc4cc(C)ccc43)ccc2-c2ccc(N3c4ccccc4Oc4cc(C)ccc43)cc21. The van der Waals surface area contributed by atoms with Crippen LogP contribution in [0.3, 0.4) is 0 Å². The number of benzene rings is 6. The molecule has 0 saturated carbocycles. The van der Waals surface area contributed by atoms with E-state index in [1.54, 1.807) is 0 Å². The van der Waals surface area contributed by atoms with Gasteiger partial charge in [0, 0.05) is 34.6 Å². The molecule has 0 atom stereocenters. The van der Waals surface area contributed by atoms with Gasteiger partial charge in [0.15, 0.2) is 11.5 Å². The Morgan fingerprint density at radius 3 is 1.63 bits per heavy atom. The number of unbranched alkanes of at least 4 members (excludes halogenated alkanes) is 10. The molecule has 0 saturated heterocycles. The van der Waals surface area contributed by atoms with E-state index in [2.05, 4.69) is 159 Å². The third-order valence-electron chi connectivity index (χ3n) is 13.5. The summed E-state index contributed by atoms with van der Waals surface area (Å²) >= 11 is 0. The minimum Gasteiger partial charge on any atom is -0.453 e. The molecular formula is C56H62N2O. The second-order valence-electron chi connectivity index (χ2n) is 17.7. The first-order valence-electron chi connectivity index (χ1n) is 22.9. The van der Waals surface area contributed by atoms with E-state index in [9.17, 15) is 0 Å². The molecule has 0 radical (unpaired) electrons. The monoisotopic (exact) mass is 778 g/mol. The molecule has 0 bridgehead atoms. The van der Waals surface area contributed by atoms with E-state index >= 15 is 0 Å². The van der Waals surface area contributed by atoms with Crippen LogP contribution in [-0.2, 0) is 11.8 Å². The second-order valence-corrected chi connectivity index (χ2v) is 17.7. The molecule has 2 aliphatic heterocycles. The first-order valence-corrected chi connectivity index (χ1v) is 22.9. The van der Waals surface area contributed by atoms with Gasteiger partial charge < -0.3 is 14.5 Å². The van der Waals surface area contributed by atoms with Crippen LogP contribution in [0, 0.1) is 13.8 Å². The molecule has 0 spiro atoms. The number of hydrogen-bond donors (Lipinski definition) is 0. The molecule has 3 nitrogen and oxygen atoms in total. The van der Waals surface area contributed by atoms with Gasteiger partial charge in [0.05, 0.1) is 11.4 Å². The average molecular weight is 779 g/mol. The van der Waals surface area contributed by atoms with E-state index in [-0.39, 0.29) is 5.41 Å². The molecule has 0 fully saturated rings. The topological polar surface area (TPSA) is 15.7 Å². The van der Waals surface area contributed by atoms with Crippen molar-refractivity contribution in [2.45, 2.75) is 129 Å². The molecule has 6 aromatic carbocycles. The fourth-order valence-electron chi connectivity index (χ4n) is 10.5. The number of anilines is 6. The number of aryl methyl sites for hydroxylation is 2. The Labute approximate surface area is 354 Å². The van der Waals surface area contributed by atoms with Crippen LogP contribution < -0.4 is 14.5 Å². The van der Waals surface area contributed by atoms with Gasteiger partial charge in [-0.25, -0.2) is 0 Å². The highest BCUT2D eigenvalue weighted by Gasteiger charge is 2.44. The Bertz CT molecular complexity index is 2270. The van der Waals surface area contributed by atoms with Crippen LogP contribution in [0.5, 0.6) is 11.5 Å². The third kappa shape index (κ3) is 7.47. The average Bonchev–Trinajstić information content (AvgIpc) is 3.52. The number of fused-ring (bicyclic) bond motifs is 7. The lowest BCUT2D eigenvalue weighted by atomic mass is 9.70. The van der Waals surface area contributed by atoms with E-state index in [0.717, 1.165) is 29.3 Å². The van der Waals surface area contributed by atoms with Crippen LogP contribution in [0.25, 0.3) is 11.1 Å². The van der Waals surface area contributed by atoms with Crippen LogP contribution in [0.2, 0.25) is 0 Å². The zero-order valence-corrected chi connectivity index (χ0v) is 36.0. The molecular weight excluding hydrogens is 717 g/mol. The van der Waals surface area contributed by atoms with E-state index < -0.39 is 0 Å². The zero-order chi connectivity index (χ0) is 40.3. The van der Waals surface area contributed by atoms with Gasteiger partial charge in [-0.2, -0.15) is 0 Å². The number of nitrogens with zero attached hydrogens (tertiary/aromatic N) is 2. The zero-order valence-electron chi connectivity index (χ0n) is 36.0. The quantitative estimate of drug-likeness (QED) is 0.0909. The van der Waals surface area contributed by atoms with E-state index in [4.69, 9.17) is 4.74 Å². The smallest absolute Gasteiger partial charge is 0.151 e. The Hall–Kier alpha value is -5.28. The summed E-state index contributed by atoms with van der Waals surface area (Å²) in [5.74, 6) is 1.82. The van der Waals surface area contributed by atoms with Gasteiger partial charge in [0.1, 0.15) is 0 Å². The standard InChI is InChI=1S/C56H62N2O/c1-5-7-9-11-13-19-33-56(34-20-14-12-10-8-6-2)48-38-44(57-50-22-16-15-21-42(50)37-43-35-40(3)25-31-51(43)57)27-29-46(48)47-30-28-45(39-49(47)56)58-52-23-17-18-24-54(52)59-55-36-41(4)26-32-53(55)58/h15-18,21-32,35-36,38-39H,5-14,19-20,33-34,37H2,1-4H3. The molecule has 0 N–H and O–H groups in total. The minimum atomic E-state index is -0.0838. The van der Waals surface area contributed by atoms with Crippen molar-refractivity contribution >= 4 is 34.1 Å². The van der Waals surface area contributed by atoms with Crippen LogP contribution in [-0.4, -0.2) is 0 Å². The highest BCUT2D eigenvalue weighted by molar-refractivity contribution is 5.92. The maximum Gasteiger partial charge on any atom is 0.151 e. The summed E-state index contributed by atoms with van der Waals surface area (Å²) in [6.07, 6.45) is 18.9. The van der Waals surface area contributed by atoms with Crippen molar-refractivity contribution in [1.29, 1.82) is 0 Å². The van der Waals surface area contributed by atoms with Gasteiger partial charge in [-0.3, -0.25) is 0 Å². The Morgan fingerprint density at radius 2 is 0.966 bits per heavy atom. The van der Waals surface area contributed by atoms with Gasteiger partial charge in [-0.15, -0.1) is 0 Å². The number of rotatable bonds is 16. The Morgan fingerprint density at radius 1 is 0.458 bits per heavy atom. The van der Waals surface area contributed by atoms with Crippen molar-refractivity contribution < 1.29 is 4.74 Å². The fourth-order valence-corrected chi connectivity index (χ4v) is 10.5. The molecule has 3 aliphatic rings. The van der Waals surface area contributed by atoms with Gasteiger partial charge in [0.25, 0.3) is 0 Å². The molecule has 0 aromatic heterocycles. The maximum absolute atomic E-state index is 6.56. The van der Waals surface area contributed by atoms with Crippen molar-refractivity contribution in [2.75, 3.05) is 9.80 Å². The summed E-state index contributed by atoms with van der Waals surface area (Å²) in [6, 6.07) is 46.2. The maximum atomic E-state index is 6.56. The molecule has 3 heteroatoms. The van der Waals surface area contributed by atoms with Crippen molar-refractivity contribution in [1.82, 2.24) is 0 Å². The molecule has 9 rings (SSSR count). The number of para-hydroxylation sites is 3. The normalized spacial score (nSPS) is 14.2. The molecule has 59 heavy (non-hydrogen) atoms. The number of ether oxygens (including phenoxy) is 1. The predicted molar refractivity (Wildman–Crippen MR) is 250 cm³/mol. The van der Waals surface area contributed by atoms with E-state index in [0.29, 0.717) is 0 Å². The van der Waals surface area contributed by atoms with Crippen LogP contribution in [0.15, 0.2) is 121 Å². The summed E-state index contributed by atoms with van der Waals surface area (Å²) in [6.45, 7) is 9.02. The molecule has 6 aromatic rings. The predicted octanol–water partition coefficient (Wildman–Crippen LogP) is 17.0. The highest BCUT2D eigenvalue weighted by Crippen LogP contribution is 2.58. The van der Waals surface area contributed by atoms with Gasteiger partial charge in [-0.1, -0.05) is 157 Å². The van der Waals surface area contributed by atoms with E-state index in [1.165, 1.54) is 157 Å². The van der Waals surface area contributed by atoms with Crippen molar-refractivity contribution in [3.8, 4) is 22.6 Å². The van der Waals surface area contributed by atoms with Crippen molar-refractivity contribution in [3.05, 3.63) is 155 Å². The van der Waals surface area contributed by atoms with Crippen molar-refractivity contribution in [3.63, 3.8) is 0 Å². The lowest BCUT2D eigenvalue weighted by molar-refractivity contribution is 0.398. The van der Waals surface area contributed by atoms with Crippen LogP contribution >= 0.6 is 0 Å². The second kappa shape index (κ2) is 17.1. The molecule has 2 heterocycles. The molecule has 1 aliphatic carbocycles. The lowest BCUT2D eigenvalue weighted by Gasteiger charge is -2.37. The van der Waals surface area contributed by atoms with E-state index in [1.807, 2.05) is 0 Å². The molecule has 0 unspecified atom stereocenters. The third-order valence-corrected chi connectivity index (χ3v) is 13.5. The summed E-state index contributed by atoms with van der Waals surface area (Å²) in [5, 5.41) is 0. The number of hydrogen-bond acceptors (Lipinski definition) is 3. The largest absolute Gasteiger partial charge is 0.453 e. The summed E-state index contributed by atoms with van der Waals surface area (Å²) in [7, 11) is 0. The fraction of sp³-hybridized carbons (Fsp3) is 0.357. The molecule has 302 valence electrons. The first-order chi connectivity index (χ1) is 29.0. The Balaban J connectivity index is 1.20. The summed E-state index contributed by atoms with van der Waals surface area (Å²) in [4.78, 5) is 5.01. The molecule has 0 amide bonds. The summed E-state index contributed by atoms with van der Waals surface area (Å²) in [5.41, 5.74) is 18.4. The van der Waals surface area contributed by atoms with Gasteiger partial charge in [0.2, 0.25) is 0 Å². The highest BCUT2D eigenvalue weighted by atomic mass is 16.5. The van der Waals surface area contributed by atoms with Crippen molar-refractivity contribution in [2.24, 2.45) is 0 Å². The Kier molecular flexibility index (Phi) is 11.4.